The molecule has 98 valence electrons. The van der Waals surface area contributed by atoms with E-state index in [0.29, 0.717) is 0 Å². The van der Waals surface area contributed by atoms with E-state index in [0.717, 1.165) is 12.8 Å². The lowest BCUT2D eigenvalue weighted by molar-refractivity contribution is -0.141. The van der Waals surface area contributed by atoms with Crippen LogP contribution < -0.4 is 10.6 Å². The highest BCUT2D eigenvalue weighted by molar-refractivity contribution is 5.93. The number of carbonyl (C=O) groups excluding carboxylic acids is 1. The molecule has 17 heavy (non-hydrogen) atoms. The van der Waals surface area contributed by atoms with E-state index >= 15 is 0 Å². The Morgan fingerprint density at radius 1 is 1.24 bits per heavy atom. The first-order valence-electron chi connectivity index (χ1n) is 5.90. The lowest BCUT2D eigenvalue weighted by Crippen LogP contribution is -2.62. The summed E-state index contributed by atoms with van der Waals surface area (Å²) in [6.45, 7) is 8.35. The van der Waals surface area contributed by atoms with E-state index in [2.05, 4.69) is 38.3 Å². The van der Waals surface area contributed by atoms with Crippen LogP contribution in [0.3, 0.4) is 0 Å². The van der Waals surface area contributed by atoms with Crippen LogP contribution in [0.5, 0.6) is 0 Å². The predicted octanol–water partition coefficient (Wildman–Crippen LogP) is 0.886. The van der Waals surface area contributed by atoms with Gasteiger partial charge in [0.05, 0.1) is 0 Å². The van der Waals surface area contributed by atoms with E-state index < -0.39 is 18.3 Å². The number of nitrogens with one attached hydrogen (secondary N) is 2. The van der Waals surface area contributed by atoms with E-state index in [1.54, 1.807) is 0 Å². The van der Waals surface area contributed by atoms with Crippen molar-refractivity contribution in [3.05, 3.63) is 0 Å². The molecule has 1 aliphatic heterocycles. The summed E-state index contributed by atoms with van der Waals surface area (Å²) in [5.74, 6) is -1.49. The number of hydrogen-bond acceptors (Lipinski definition) is 3. The Bertz CT molecular complexity index is 308. The second-order valence-electron chi connectivity index (χ2n) is 6.14. The first-order valence-corrected chi connectivity index (χ1v) is 5.90. The lowest BCUT2D eigenvalue weighted by atomic mass is 9.79. The molecule has 1 saturated heterocycles. The Morgan fingerprint density at radius 3 is 2.12 bits per heavy atom. The third-order valence-electron chi connectivity index (χ3n) is 2.87. The Balaban J connectivity index is 2.59. The second-order valence-corrected chi connectivity index (χ2v) is 6.14. The van der Waals surface area contributed by atoms with E-state index in [4.69, 9.17) is 5.11 Å². The molecule has 0 atom stereocenters. The van der Waals surface area contributed by atoms with Crippen LogP contribution >= 0.6 is 0 Å². The average Bonchev–Trinajstić information content (AvgIpc) is 1.93. The number of rotatable bonds is 3. The van der Waals surface area contributed by atoms with Crippen molar-refractivity contribution in [2.24, 2.45) is 0 Å². The van der Waals surface area contributed by atoms with Crippen molar-refractivity contribution in [1.82, 2.24) is 10.6 Å². The van der Waals surface area contributed by atoms with Crippen LogP contribution in [-0.4, -0.2) is 34.1 Å². The molecular formula is C12H22N2O3. The molecule has 1 fully saturated rings. The summed E-state index contributed by atoms with van der Waals surface area (Å²) in [7, 11) is 0. The maximum Gasteiger partial charge on any atom is 0.312 e. The van der Waals surface area contributed by atoms with Gasteiger partial charge in [-0.15, -0.1) is 0 Å². The Hall–Kier alpha value is -1.10. The summed E-state index contributed by atoms with van der Waals surface area (Å²) in [4.78, 5) is 21.9. The molecule has 1 aliphatic rings. The predicted molar refractivity (Wildman–Crippen MR) is 64.7 cm³/mol. The zero-order valence-electron chi connectivity index (χ0n) is 11.0. The van der Waals surface area contributed by atoms with Gasteiger partial charge in [-0.25, -0.2) is 0 Å². The van der Waals surface area contributed by atoms with Crippen molar-refractivity contribution in [1.29, 1.82) is 0 Å². The van der Waals surface area contributed by atoms with Gasteiger partial charge < -0.3 is 15.7 Å². The van der Waals surface area contributed by atoms with Crippen molar-refractivity contribution >= 4 is 11.9 Å². The molecule has 3 N–H and O–H groups in total. The van der Waals surface area contributed by atoms with Gasteiger partial charge in [-0.05, 0) is 40.5 Å². The van der Waals surface area contributed by atoms with Crippen molar-refractivity contribution in [2.75, 3.05) is 0 Å². The number of aliphatic carboxylic acids is 1. The molecule has 5 nitrogen and oxygen atoms in total. The summed E-state index contributed by atoms with van der Waals surface area (Å²) in [5.41, 5.74) is -0.105. The van der Waals surface area contributed by atoms with E-state index in [9.17, 15) is 9.59 Å². The highest BCUT2D eigenvalue weighted by Gasteiger charge is 2.38. The number of amides is 1. The molecule has 1 rings (SSSR count). The first kappa shape index (κ1) is 14.0. The molecule has 1 amide bonds. The van der Waals surface area contributed by atoms with Crippen molar-refractivity contribution in [3.8, 4) is 0 Å². The number of piperidine rings is 1. The van der Waals surface area contributed by atoms with Gasteiger partial charge in [-0.3, -0.25) is 9.59 Å². The van der Waals surface area contributed by atoms with Crippen molar-refractivity contribution in [3.63, 3.8) is 0 Å². The van der Waals surface area contributed by atoms with Gasteiger partial charge in [-0.2, -0.15) is 0 Å². The minimum Gasteiger partial charge on any atom is -0.481 e. The van der Waals surface area contributed by atoms with Gasteiger partial charge in [0.25, 0.3) is 0 Å². The molecule has 0 bridgehead atoms. The van der Waals surface area contributed by atoms with Crippen LogP contribution in [0, 0.1) is 0 Å². The lowest BCUT2D eigenvalue weighted by Gasteiger charge is -2.46. The third-order valence-corrected chi connectivity index (χ3v) is 2.87. The molecule has 0 aromatic heterocycles. The fraction of sp³-hybridized carbons (Fsp3) is 0.833. The van der Waals surface area contributed by atoms with E-state index in [1.165, 1.54) is 0 Å². The summed E-state index contributed by atoms with van der Waals surface area (Å²) in [6.07, 6.45) is 1.16. The molecule has 5 heteroatoms. The SMILES string of the molecule is CC1(C)CC(NC(=O)CC(=O)O)CC(C)(C)N1. The zero-order valence-corrected chi connectivity index (χ0v) is 11.0. The number of carboxylic acids is 1. The average molecular weight is 242 g/mol. The largest absolute Gasteiger partial charge is 0.481 e. The summed E-state index contributed by atoms with van der Waals surface area (Å²) < 4.78 is 0. The minimum atomic E-state index is -1.09. The van der Waals surface area contributed by atoms with Crippen molar-refractivity contribution in [2.45, 2.75) is 64.1 Å². The maximum atomic E-state index is 11.4. The summed E-state index contributed by atoms with van der Waals surface area (Å²) >= 11 is 0. The van der Waals surface area contributed by atoms with Crippen LogP contribution in [-0.2, 0) is 9.59 Å². The van der Waals surface area contributed by atoms with Gasteiger partial charge in [0.1, 0.15) is 6.42 Å². The van der Waals surface area contributed by atoms with Crippen LogP contribution in [0.2, 0.25) is 0 Å². The van der Waals surface area contributed by atoms with E-state index in [1.807, 2.05) is 0 Å². The summed E-state index contributed by atoms with van der Waals surface area (Å²) in [6, 6.07) is 0.0353. The number of carboxylic acid groups (broad SMARTS) is 1. The van der Waals surface area contributed by atoms with Gasteiger partial charge in [-0.1, -0.05) is 0 Å². The van der Waals surface area contributed by atoms with Gasteiger partial charge >= 0.3 is 5.97 Å². The van der Waals surface area contributed by atoms with Crippen LogP contribution in [0.25, 0.3) is 0 Å². The molecule has 0 aromatic rings. The fourth-order valence-corrected chi connectivity index (χ4v) is 2.84. The normalized spacial score (nSPS) is 23.1. The first-order chi connectivity index (χ1) is 7.60. The smallest absolute Gasteiger partial charge is 0.312 e. The van der Waals surface area contributed by atoms with E-state index in [-0.39, 0.29) is 17.1 Å². The Kier molecular flexibility index (Phi) is 3.81. The molecule has 1 heterocycles. The molecule has 0 radical (unpaired) electrons. The maximum absolute atomic E-state index is 11.4. The van der Waals surface area contributed by atoms with Crippen LogP contribution in [0.1, 0.15) is 47.0 Å². The fourth-order valence-electron chi connectivity index (χ4n) is 2.84. The quantitative estimate of drug-likeness (QED) is 0.642. The number of hydrogen-bond donors (Lipinski definition) is 3. The molecule has 0 unspecified atom stereocenters. The monoisotopic (exact) mass is 242 g/mol. The highest BCUT2D eigenvalue weighted by Crippen LogP contribution is 2.28. The topological polar surface area (TPSA) is 78.4 Å². The van der Waals surface area contributed by atoms with Crippen LogP contribution in [0.15, 0.2) is 0 Å². The van der Waals surface area contributed by atoms with Crippen molar-refractivity contribution < 1.29 is 14.7 Å². The highest BCUT2D eigenvalue weighted by atomic mass is 16.4. The minimum absolute atomic E-state index is 0.0353. The summed E-state index contributed by atoms with van der Waals surface area (Å²) in [5, 5.41) is 14.9. The van der Waals surface area contributed by atoms with Gasteiger partial charge in [0.15, 0.2) is 0 Å². The third kappa shape index (κ3) is 4.73. The zero-order chi connectivity index (χ0) is 13.3. The second kappa shape index (κ2) is 4.64. The Morgan fingerprint density at radius 2 is 1.71 bits per heavy atom. The van der Waals surface area contributed by atoms with Gasteiger partial charge in [0, 0.05) is 17.1 Å². The molecule has 0 aromatic carbocycles. The molecule has 0 saturated carbocycles. The molecular weight excluding hydrogens is 220 g/mol. The number of carbonyl (C=O) groups is 2. The Labute approximate surface area is 102 Å². The van der Waals surface area contributed by atoms with Crippen LogP contribution in [0.4, 0.5) is 0 Å². The van der Waals surface area contributed by atoms with Gasteiger partial charge in [0.2, 0.25) is 5.91 Å². The molecule has 0 spiro atoms. The standard InChI is InChI=1S/C12H22N2O3/c1-11(2)6-8(7-12(3,4)14-11)13-9(15)5-10(16)17/h8,14H,5-7H2,1-4H3,(H,13,15)(H,16,17). The molecule has 0 aliphatic carbocycles.